The van der Waals surface area contributed by atoms with Crippen LogP contribution in [0.5, 0.6) is 0 Å². The van der Waals surface area contributed by atoms with Crippen molar-refractivity contribution in [3.05, 3.63) is 29.8 Å². The summed E-state index contributed by atoms with van der Waals surface area (Å²) in [5.41, 5.74) is 1.77. The van der Waals surface area contributed by atoms with Gasteiger partial charge in [-0.15, -0.1) is 0 Å². The van der Waals surface area contributed by atoms with E-state index in [0.29, 0.717) is 19.4 Å². The highest BCUT2D eigenvalue weighted by molar-refractivity contribution is 5.94. The molecule has 1 aromatic carbocycles. The standard InChI is InChI=1S/C15H20N2O3/c18-9-1-2-14(19)16-10-11-3-7-13(8-4-11)17-15(20)12-5-6-12/h3-4,7-8,12,18H,1-2,5-6,9-10H2,(H,16,19)(H,17,20). The van der Waals surface area contributed by atoms with Gasteiger partial charge < -0.3 is 15.7 Å². The van der Waals surface area contributed by atoms with Crippen LogP contribution in [0.4, 0.5) is 5.69 Å². The van der Waals surface area contributed by atoms with Crippen LogP contribution in [-0.4, -0.2) is 23.5 Å². The number of anilines is 1. The molecule has 0 unspecified atom stereocenters. The molecule has 108 valence electrons. The highest BCUT2D eigenvalue weighted by Crippen LogP contribution is 2.30. The zero-order valence-electron chi connectivity index (χ0n) is 11.4. The number of carbonyl (C=O) groups excluding carboxylic acids is 2. The van der Waals surface area contributed by atoms with Gasteiger partial charge in [-0.1, -0.05) is 12.1 Å². The van der Waals surface area contributed by atoms with Gasteiger partial charge in [0.25, 0.3) is 0 Å². The van der Waals surface area contributed by atoms with Gasteiger partial charge in [0.05, 0.1) is 0 Å². The van der Waals surface area contributed by atoms with Crippen LogP contribution in [0.3, 0.4) is 0 Å². The minimum atomic E-state index is -0.0647. The summed E-state index contributed by atoms with van der Waals surface area (Å²) in [7, 11) is 0. The number of nitrogens with one attached hydrogen (secondary N) is 2. The van der Waals surface area contributed by atoms with E-state index >= 15 is 0 Å². The average molecular weight is 276 g/mol. The molecule has 5 heteroatoms. The molecule has 2 rings (SSSR count). The fraction of sp³-hybridized carbons (Fsp3) is 0.467. The van der Waals surface area contributed by atoms with Crippen molar-refractivity contribution in [3.63, 3.8) is 0 Å². The summed E-state index contributed by atoms with van der Waals surface area (Å²) in [6, 6.07) is 7.45. The summed E-state index contributed by atoms with van der Waals surface area (Å²) in [4.78, 5) is 23.0. The third-order valence-corrected chi connectivity index (χ3v) is 3.22. The Hall–Kier alpha value is -1.88. The molecule has 5 nitrogen and oxygen atoms in total. The maximum absolute atomic E-state index is 11.6. The fourth-order valence-corrected chi connectivity index (χ4v) is 1.82. The molecule has 0 spiro atoms. The number of hydrogen-bond donors (Lipinski definition) is 3. The van der Waals surface area contributed by atoms with Crippen molar-refractivity contribution in [2.45, 2.75) is 32.2 Å². The van der Waals surface area contributed by atoms with Crippen LogP contribution >= 0.6 is 0 Å². The Bertz CT molecular complexity index is 467. The van der Waals surface area contributed by atoms with E-state index in [4.69, 9.17) is 5.11 Å². The number of aliphatic hydroxyl groups is 1. The number of rotatable bonds is 7. The lowest BCUT2D eigenvalue weighted by Gasteiger charge is -2.07. The Morgan fingerprint density at radius 3 is 2.50 bits per heavy atom. The molecule has 1 fully saturated rings. The van der Waals surface area contributed by atoms with E-state index in [1.807, 2.05) is 24.3 Å². The highest BCUT2D eigenvalue weighted by atomic mass is 16.3. The Morgan fingerprint density at radius 2 is 1.90 bits per heavy atom. The van der Waals surface area contributed by atoms with Gasteiger partial charge in [0, 0.05) is 31.2 Å². The van der Waals surface area contributed by atoms with Gasteiger partial charge in [0.1, 0.15) is 0 Å². The molecule has 1 aliphatic rings. The number of amides is 2. The Labute approximate surface area is 118 Å². The predicted octanol–water partition coefficient (Wildman–Crippen LogP) is 1.42. The highest BCUT2D eigenvalue weighted by Gasteiger charge is 2.29. The second-order valence-electron chi connectivity index (χ2n) is 5.06. The van der Waals surface area contributed by atoms with Crippen LogP contribution in [0, 0.1) is 5.92 Å². The molecule has 0 saturated heterocycles. The predicted molar refractivity (Wildman–Crippen MR) is 76.0 cm³/mol. The summed E-state index contributed by atoms with van der Waals surface area (Å²) in [5, 5.41) is 14.3. The van der Waals surface area contributed by atoms with Gasteiger partial charge in [-0.2, -0.15) is 0 Å². The summed E-state index contributed by atoms with van der Waals surface area (Å²) < 4.78 is 0. The fourth-order valence-electron chi connectivity index (χ4n) is 1.82. The smallest absolute Gasteiger partial charge is 0.227 e. The van der Waals surface area contributed by atoms with Gasteiger partial charge in [-0.25, -0.2) is 0 Å². The topological polar surface area (TPSA) is 78.4 Å². The van der Waals surface area contributed by atoms with E-state index in [1.165, 1.54) is 0 Å². The molecule has 3 N–H and O–H groups in total. The first-order chi connectivity index (χ1) is 9.69. The molecule has 1 aliphatic carbocycles. The normalized spacial score (nSPS) is 13.8. The number of benzene rings is 1. The first-order valence-electron chi connectivity index (χ1n) is 6.96. The zero-order valence-corrected chi connectivity index (χ0v) is 11.4. The van der Waals surface area contributed by atoms with Crippen LogP contribution in [0.15, 0.2) is 24.3 Å². The quantitative estimate of drug-likeness (QED) is 0.705. The molecule has 0 atom stereocenters. The molecule has 1 saturated carbocycles. The Kier molecular flexibility index (Phi) is 5.12. The van der Waals surface area contributed by atoms with E-state index < -0.39 is 0 Å². The number of hydrogen-bond acceptors (Lipinski definition) is 3. The third kappa shape index (κ3) is 4.66. The van der Waals surface area contributed by atoms with E-state index in [2.05, 4.69) is 10.6 Å². The summed E-state index contributed by atoms with van der Waals surface area (Å²) in [6.07, 6.45) is 2.80. The Morgan fingerprint density at radius 1 is 1.20 bits per heavy atom. The van der Waals surface area contributed by atoms with Crippen molar-refractivity contribution in [1.29, 1.82) is 0 Å². The second kappa shape index (κ2) is 7.05. The van der Waals surface area contributed by atoms with E-state index in [-0.39, 0.29) is 24.3 Å². The van der Waals surface area contributed by atoms with Crippen molar-refractivity contribution < 1.29 is 14.7 Å². The molecular formula is C15H20N2O3. The van der Waals surface area contributed by atoms with Crippen molar-refractivity contribution in [1.82, 2.24) is 5.32 Å². The summed E-state index contributed by atoms with van der Waals surface area (Å²) in [5.74, 6) is 0.223. The van der Waals surface area contributed by atoms with E-state index in [0.717, 1.165) is 24.1 Å². The number of aliphatic hydroxyl groups excluding tert-OH is 1. The van der Waals surface area contributed by atoms with Crippen LogP contribution in [0.25, 0.3) is 0 Å². The second-order valence-corrected chi connectivity index (χ2v) is 5.06. The van der Waals surface area contributed by atoms with Gasteiger partial charge in [0.2, 0.25) is 11.8 Å². The lowest BCUT2D eigenvalue weighted by Crippen LogP contribution is -2.22. The summed E-state index contributed by atoms with van der Waals surface area (Å²) in [6.45, 7) is 0.490. The van der Waals surface area contributed by atoms with Crippen molar-refractivity contribution >= 4 is 17.5 Å². The molecule has 0 radical (unpaired) electrons. The van der Waals surface area contributed by atoms with Gasteiger partial charge in [0.15, 0.2) is 0 Å². The van der Waals surface area contributed by atoms with Crippen LogP contribution < -0.4 is 10.6 Å². The van der Waals surface area contributed by atoms with Crippen molar-refractivity contribution in [2.75, 3.05) is 11.9 Å². The SMILES string of the molecule is O=C(CCCO)NCc1ccc(NC(=O)C2CC2)cc1. The molecule has 2 amide bonds. The van der Waals surface area contributed by atoms with Crippen LogP contribution in [0.2, 0.25) is 0 Å². The van der Waals surface area contributed by atoms with E-state index in [1.54, 1.807) is 0 Å². The first-order valence-corrected chi connectivity index (χ1v) is 6.96. The van der Waals surface area contributed by atoms with Crippen LogP contribution in [-0.2, 0) is 16.1 Å². The molecule has 0 heterocycles. The first kappa shape index (κ1) is 14.5. The van der Waals surface area contributed by atoms with Crippen LogP contribution in [0.1, 0.15) is 31.2 Å². The van der Waals surface area contributed by atoms with E-state index in [9.17, 15) is 9.59 Å². The van der Waals surface area contributed by atoms with Gasteiger partial charge in [-0.3, -0.25) is 9.59 Å². The molecule has 0 aliphatic heterocycles. The molecule has 0 aromatic heterocycles. The lowest BCUT2D eigenvalue weighted by atomic mass is 10.2. The molecule has 1 aromatic rings. The average Bonchev–Trinajstić information content (AvgIpc) is 3.29. The zero-order chi connectivity index (χ0) is 14.4. The number of carbonyl (C=O) groups is 2. The minimum Gasteiger partial charge on any atom is -0.396 e. The lowest BCUT2D eigenvalue weighted by molar-refractivity contribution is -0.121. The maximum Gasteiger partial charge on any atom is 0.227 e. The molecule has 0 bridgehead atoms. The monoisotopic (exact) mass is 276 g/mol. The largest absolute Gasteiger partial charge is 0.396 e. The van der Waals surface area contributed by atoms with Gasteiger partial charge in [-0.05, 0) is 37.0 Å². The third-order valence-electron chi connectivity index (χ3n) is 3.22. The molecule has 20 heavy (non-hydrogen) atoms. The molecular weight excluding hydrogens is 256 g/mol. The van der Waals surface area contributed by atoms with Crippen molar-refractivity contribution in [3.8, 4) is 0 Å². The summed E-state index contributed by atoms with van der Waals surface area (Å²) >= 11 is 0. The van der Waals surface area contributed by atoms with Gasteiger partial charge >= 0.3 is 0 Å². The maximum atomic E-state index is 11.6. The van der Waals surface area contributed by atoms with Crippen molar-refractivity contribution in [2.24, 2.45) is 5.92 Å². The minimum absolute atomic E-state index is 0.0306. The Balaban J connectivity index is 1.76.